The minimum atomic E-state index is -0.961. The maximum Gasteiger partial charge on any atom is 0.328 e. The van der Waals surface area contributed by atoms with Gasteiger partial charge in [0.1, 0.15) is 5.75 Å². The number of carboxylic acids is 1. The molecule has 0 aliphatic heterocycles. The maximum absolute atomic E-state index is 10.7. The molecule has 1 rings (SSSR count). The molecule has 1 N–H and O–H groups in total. The van der Waals surface area contributed by atoms with E-state index in [1.54, 1.807) is 13.2 Å². The van der Waals surface area contributed by atoms with Crippen LogP contribution in [0, 0.1) is 0 Å². The van der Waals surface area contributed by atoms with E-state index in [4.69, 9.17) is 9.84 Å². The summed E-state index contributed by atoms with van der Waals surface area (Å²) in [4.78, 5) is 13.1. The molecule has 1 aromatic rings. The number of aliphatic carboxylic acids is 1. The second kappa shape index (κ2) is 8.47. The molecule has 0 bridgehead atoms. The van der Waals surface area contributed by atoms with E-state index in [9.17, 15) is 4.79 Å². The Hall–Kier alpha value is -1.81. The minimum absolute atomic E-state index is 0.477. The van der Waals surface area contributed by atoms with Crippen LogP contribution in [0.5, 0.6) is 5.75 Å². The molecule has 0 heterocycles. The van der Waals surface area contributed by atoms with Crippen LogP contribution in [0.25, 0.3) is 6.08 Å². The first-order valence-electron chi connectivity index (χ1n) is 7.29. The number of rotatable bonds is 8. The van der Waals surface area contributed by atoms with Gasteiger partial charge in [-0.2, -0.15) is 0 Å². The van der Waals surface area contributed by atoms with Gasteiger partial charge >= 0.3 is 5.97 Å². The van der Waals surface area contributed by atoms with Crippen LogP contribution in [-0.4, -0.2) is 35.7 Å². The van der Waals surface area contributed by atoms with Crippen LogP contribution in [-0.2, 0) is 11.3 Å². The van der Waals surface area contributed by atoms with E-state index in [-0.39, 0.29) is 0 Å². The highest BCUT2D eigenvalue weighted by Crippen LogP contribution is 2.22. The van der Waals surface area contributed by atoms with Gasteiger partial charge in [-0.3, -0.25) is 4.90 Å². The standard InChI is InChI=1S/C17H25NO3/c1-5-10-18(13(2)3)12-14-6-8-16(21-4)15(11-14)7-9-17(19)20/h6-9,11,13H,5,10,12H2,1-4H3,(H,19,20). The van der Waals surface area contributed by atoms with Crippen LogP contribution in [0.4, 0.5) is 0 Å². The zero-order valence-electron chi connectivity index (χ0n) is 13.3. The highest BCUT2D eigenvalue weighted by atomic mass is 16.5. The van der Waals surface area contributed by atoms with Crippen molar-refractivity contribution in [3.63, 3.8) is 0 Å². The number of hydrogen-bond acceptors (Lipinski definition) is 3. The Kier molecular flexibility index (Phi) is 6.96. The van der Waals surface area contributed by atoms with E-state index in [2.05, 4.69) is 25.7 Å². The summed E-state index contributed by atoms with van der Waals surface area (Å²) in [5, 5.41) is 8.76. The molecule has 0 spiro atoms. The van der Waals surface area contributed by atoms with Crippen molar-refractivity contribution in [2.24, 2.45) is 0 Å². The van der Waals surface area contributed by atoms with Crippen molar-refractivity contribution < 1.29 is 14.6 Å². The number of ether oxygens (including phenoxy) is 1. The number of carboxylic acid groups (broad SMARTS) is 1. The fourth-order valence-electron chi connectivity index (χ4n) is 2.22. The van der Waals surface area contributed by atoms with Gasteiger partial charge in [-0.1, -0.05) is 13.0 Å². The van der Waals surface area contributed by atoms with Crippen molar-refractivity contribution in [1.29, 1.82) is 0 Å². The first kappa shape index (κ1) is 17.2. The summed E-state index contributed by atoms with van der Waals surface area (Å²) >= 11 is 0. The lowest BCUT2D eigenvalue weighted by atomic mass is 10.1. The van der Waals surface area contributed by atoms with Crippen LogP contribution >= 0.6 is 0 Å². The molecule has 0 amide bonds. The molecule has 0 saturated carbocycles. The predicted molar refractivity (Wildman–Crippen MR) is 85.5 cm³/mol. The summed E-state index contributed by atoms with van der Waals surface area (Å²) in [6.45, 7) is 8.44. The predicted octanol–water partition coefficient (Wildman–Crippen LogP) is 3.41. The molecule has 1 aromatic carbocycles. The molecule has 0 fully saturated rings. The van der Waals surface area contributed by atoms with Crippen molar-refractivity contribution in [2.45, 2.75) is 39.8 Å². The zero-order chi connectivity index (χ0) is 15.8. The first-order valence-corrected chi connectivity index (χ1v) is 7.29. The number of hydrogen-bond donors (Lipinski definition) is 1. The molecule has 0 aliphatic carbocycles. The van der Waals surface area contributed by atoms with E-state index in [0.29, 0.717) is 11.8 Å². The Labute approximate surface area is 127 Å². The van der Waals surface area contributed by atoms with Crippen LogP contribution in [0.15, 0.2) is 24.3 Å². The second-order valence-corrected chi connectivity index (χ2v) is 5.31. The Balaban J connectivity index is 2.98. The number of methoxy groups -OCH3 is 1. The van der Waals surface area contributed by atoms with E-state index in [1.807, 2.05) is 18.2 Å². The summed E-state index contributed by atoms with van der Waals surface area (Å²) in [5.41, 5.74) is 1.94. The van der Waals surface area contributed by atoms with Crippen LogP contribution in [0.2, 0.25) is 0 Å². The number of benzene rings is 1. The monoisotopic (exact) mass is 291 g/mol. The molecule has 21 heavy (non-hydrogen) atoms. The number of carbonyl (C=O) groups is 1. The molecule has 4 heteroatoms. The molecule has 0 saturated heterocycles. The molecule has 0 aliphatic rings. The molecular formula is C17H25NO3. The molecule has 0 aromatic heterocycles. The van der Waals surface area contributed by atoms with E-state index < -0.39 is 5.97 Å². The Bertz CT molecular complexity index is 495. The van der Waals surface area contributed by atoms with Crippen molar-refractivity contribution in [2.75, 3.05) is 13.7 Å². The maximum atomic E-state index is 10.7. The lowest BCUT2D eigenvalue weighted by Crippen LogP contribution is -2.31. The normalized spacial score (nSPS) is 11.5. The highest BCUT2D eigenvalue weighted by Gasteiger charge is 2.10. The van der Waals surface area contributed by atoms with Crippen LogP contribution in [0.1, 0.15) is 38.3 Å². The Morgan fingerprint density at radius 1 is 1.43 bits per heavy atom. The van der Waals surface area contributed by atoms with Gasteiger partial charge in [-0.25, -0.2) is 4.79 Å². The third-order valence-electron chi connectivity index (χ3n) is 3.33. The number of nitrogens with zero attached hydrogens (tertiary/aromatic N) is 1. The fraction of sp³-hybridized carbons (Fsp3) is 0.471. The van der Waals surface area contributed by atoms with Crippen molar-refractivity contribution in [3.8, 4) is 5.75 Å². The molecule has 0 unspecified atom stereocenters. The third-order valence-corrected chi connectivity index (χ3v) is 3.33. The van der Waals surface area contributed by atoms with Gasteiger partial charge in [-0.15, -0.1) is 0 Å². The molecule has 0 radical (unpaired) electrons. The quantitative estimate of drug-likeness (QED) is 0.746. The van der Waals surface area contributed by atoms with E-state index >= 15 is 0 Å². The van der Waals surface area contributed by atoms with Gasteiger partial charge in [0.15, 0.2) is 0 Å². The fourth-order valence-corrected chi connectivity index (χ4v) is 2.22. The highest BCUT2D eigenvalue weighted by molar-refractivity contribution is 5.85. The summed E-state index contributed by atoms with van der Waals surface area (Å²) in [5.74, 6) is -0.278. The third kappa shape index (κ3) is 5.60. The Morgan fingerprint density at radius 2 is 2.14 bits per heavy atom. The van der Waals surface area contributed by atoms with Gasteiger partial charge < -0.3 is 9.84 Å². The smallest absolute Gasteiger partial charge is 0.328 e. The van der Waals surface area contributed by atoms with Crippen molar-refractivity contribution >= 4 is 12.0 Å². The lowest BCUT2D eigenvalue weighted by molar-refractivity contribution is -0.131. The molecule has 116 valence electrons. The van der Waals surface area contributed by atoms with Gasteiger partial charge in [0.2, 0.25) is 0 Å². The Morgan fingerprint density at radius 3 is 2.67 bits per heavy atom. The average molecular weight is 291 g/mol. The molecule has 4 nitrogen and oxygen atoms in total. The van der Waals surface area contributed by atoms with Gasteiger partial charge in [0, 0.05) is 24.2 Å². The van der Waals surface area contributed by atoms with Crippen molar-refractivity contribution in [1.82, 2.24) is 4.90 Å². The van der Waals surface area contributed by atoms with Crippen LogP contribution in [0.3, 0.4) is 0 Å². The SMILES string of the molecule is CCCN(Cc1ccc(OC)c(C=CC(=O)O)c1)C(C)C. The lowest BCUT2D eigenvalue weighted by Gasteiger charge is -2.26. The van der Waals surface area contributed by atoms with E-state index in [1.165, 1.54) is 0 Å². The van der Waals surface area contributed by atoms with Crippen LogP contribution < -0.4 is 4.74 Å². The van der Waals surface area contributed by atoms with E-state index in [0.717, 1.165) is 36.7 Å². The van der Waals surface area contributed by atoms with Gasteiger partial charge in [0.25, 0.3) is 0 Å². The van der Waals surface area contributed by atoms with Crippen molar-refractivity contribution in [3.05, 3.63) is 35.4 Å². The summed E-state index contributed by atoms with van der Waals surface area (Å²) < 4.78 is 5.27. The zero-order valence-corrected chi connectivity index (χ0v) is 13.3. The summed E-state index contributed by atoms with van der Waals surface area (Å²) in [6.07, 6.45) is 3.82. The van der Waals surface area contributed by atoms with Gasteiger partial charge in [0.05, 0.1) is 7.11 Å². The molecular weight excluding hydrogens is 266 g/mol. The summed E-state index contributed by atoms with van der Waals surface area (Å²) in [7, 11) is 1.59. The topological polar surface area (TPSA) is 49.8 Å². The largest absolute Gasteiger partial charge is 0.496 e. The average Bonchev–Trinajstić information content (AvgIpc) is 2.44. The molecule has 0 atom stereocenters. The van der Waals surface area contributed by atoms with Gasteiger partial charge in [-0.05, 0) is 50.6 Å². The summed E-state index contributed by atoms with van der Waals surface area (Å²) in [6, 6.07) is 6.39. The second-order valence-electron chi connectivity index (χ2n) is 5.31. The minimum Gasteiger partial charge on any atom is -0.496 e. The first-order chi connectivity index (χ1) is 9.97.